The molecule has 0 N–H and O–H groups in total. The molecule has 7 aromatic carbocycles. The van der Waals surface area contributed by atoms with Gasteiger partial charge in [0, 0.05) is 32.9 Å². The van der Waals surface area contributed by atoms with Crippen LogP contribution in [0, 0.1) is 0 Å². The largest absolute Gasteiger partial charge is 0.456 e. The Morgan fingerprint density at radius 2 is 0.771 bits per heavy atom. The molecule has 2 aliphatic heterocycles. The number of benzene rings is 7. The third-order valence-electron chi connectivity index (χ3n) is 9.96. The van der Waals surface area contributed by atoms with Crippen molar-refractivity contribution >= 4 is 66.7 Å². The SMILES string of the molecule is O=P12c3cc(-n4c5ccccc5c5ccccc54)ccc3Oc3cccc(c31)Oc1ccc(-n3c4ccccc4c4ccccc43)cc12. The minimum absolute atomic E-state index is 0.570. The van der Waals surface area contributed by atoms with Crippen molar-refractivity contribution in [1.82, 2.24) is 9.13 Å². The lowest BCUT2D eigenvalue weighted by Gasteiger charge is -2.35. The van der Waals surface area contributed by atoms with Crippen LogP contribution in [0.25, 0.3) is 55.0 Å². The first-order valence-corrected chi connectivity index (χ1v) is 17.7. The molecule has 9 aromatic rings. The summed E-state index contributed by atoms with van der Waals surface area (Å²) in [5.74, 6) is 2.34. The van der Waals surface area contributed by atoms with E-state index in [1.54, 1.807) is 0 Å². The van der Waals surface area contributed by atoms with Gasteiger partial charge >= 0.3 is 0 Å². The summed E-state index contributed by atoms with van der Waals surface area (Å²) in [6.45, 7) is 0. The Kier molecular flexibility index (Phi) is 5.04. The average molecular weight is 637 g/mol. The van der Waals surface area contributed by atoms with E-state index < -0.39 is 7.14 Å². The quantitative estimate of drug-likeness (QED) is 0.178. The van der Waals surface area contributed by atoms with Gasteiger partial charge in [-0.15, -0.1) is 0 Å². The van der Waals surface area contributed by atoms with Gasteiger partial charge in [0.25, 0.3) is 0 Å². The fourth-order valence-electron chi connectivity index (χ4n) is 7.94. The fraction of sp³-hybridized carbons (Fsp3) is 0. The van der Waals surface area contributed by atoms with Gasteiger partial charge in [0.2, 0.25) is 0 Å². The normalized spacial score (nSPS) is 14.0. The minimum atomic E-state index is -3.49. The van der Waals surface area contributed by atoms with Gasteiger partial charge in [-0.25, -0.2) is 0 Å². The second-order valence-electron chi connectivity index (χ2n) is 12.5. The van der Waals surface area contributed by atoms with Crippen LogP contribution in [0.4, 0.5) is 0 Å². The predicted molar refractivity (Wildman–Crippen MR) is 195 cm³/mol. The number of ether oxygens (including phenoxy) is 2. The van der Waals surface area contributed by atoms with Crippen molar-refractivity contribution in [3.63, 3.8) is 0 Å². The maximum atomic E-state index is 16.3. The topological polar surface area (TPSA) is 45.4 Å². The molecule has 0 unspecified atom stereocenters. The van der Waals surface area contributed by atoms with Crippen molar-refractivity contribution in [2.45, 2.75) is 0 Å². The summed E-state index contributed by atoms with van der Waals surface area (Å²) in [4.78, 5) is 0. The summed E-state index contributed by atoms with van der Waals surface area (Å²) >= 11 is 0. The maximum absolute atomic E-state index is 16.3. The lowest BCUT2D eigenvalue weighted by molar-refractivity contribution is 0.461. The van der Waals surface area contributed by atoms with E-state index in [0.29, 0.717) is 38.9 Å². The number of rotatable bonds is 2. The Morgan fingerprint density at radius 3 is 1.17 bits per heavy atom. The molecule has 0 atom stereocenters. The van der Waals surface area contributed by atoms with Gasteiger partial charge < -0.3 is 23.2 Å². The molecule has 11 rings (SSSR count). The molecule has 5 nitrogen and oxygen atoms in total. The van der Waals surface area contributed by atoms with Gasteiger partial charge in [0.05, 0.1) is 32.7 Å². The lowest BCUT2D eigenvalue weighted by Crippen LogP contribution is -2.35. The highest BCUT2D eigenvalue weighted by Crippen LogP contribution is 2.58. The summed E-state index contributed by atoms with van der Waals surface area (Å²) in [6.07, 6.45) is 0. The molecular formula is C42H25N2O3P. The molecule has 2 aliphatic rings. The minimum Gasteiger partial charge on any atom is -0.456 e. The molecule has 0 bridgehead atoms. The summed E-state index contributed by atoms with van der Waals surface area (Å²) in [5.41, 5.74) is 6.23. The van der Waals surface area contributed by atoms with E-state index in [1.165, 1.54) is 21.5 Å². The Hall–Kier alpha value is -6.03. The molecule has 4 heterocycles. The number of hydrogen-bond acceptors (Lipinski definition) is 3. The molecule has 226 valence electrons. The second kappa shape index (κ2) is 9.28. The molecular weight excluding hydrogens is 611 g/mol. The highest BCUT2D eigenvalue weighted by Gasteiger charge is 2.46. The molecule has 0 saturated carbocycles. The lowest BCUT2D eigenvalue weighted by atomic mass is 10.2. The zero-order valence-corrected chi connectivity index (χ0v) is 26.4. The first kappa shape index (κ1) is 26.1. The van der Waals surface area contributed by atoms with Crippen LogP contribution in [-0.4, -0.2) is 9.13 Å². The van der Waals surface area contributed by atoms with Gasteiger partial charge in [0.1, 0.15) is 28.3 Å². The van der Waals surface area contributed by atoms with Gasteiger partial charge in [-0.05, 0) is 72.8 Å². The van der Waals surface area contributed by atoms with Gasteiger partial charge in [-0.2, -0.15) is 0 Å². The molecule has 0 fully saturated rings. The second-order valence-corrected chi connectivity index (χ2v) is 15.1. The number of hydrogen-bond donors (Lipinski definition) is 0. The average Bonchev–Trinajstić information content (AvgIpc) is 3.65. The van der Waals surface area contributed by atoms with E-state index in [1.807, 2.05) is 30.3 Å². The molecule has 0 saturated heterocycles. The Balaban J connectivity index is 1.20. The van der Waals surface area contributed by atoms with Gasteiger partial charge in [-0.3, -0.25) is 0 Å². The fourth-order valence-corrected chi connectivity index (χ4v) is 11.0. The monoisotopic (exact) mass is 636 g/mol. The Labute approximate surface area is 275 Å². The van der Waals surface area contributed by atoms with Crippen LogP contribution in [0.5, 0.6) is 23.0 Å². The Bertz CT molecular complexity index is 2600. The maximum Gasteiger partial charge on any atom is 0.185 e. The van der Waals surface area contributed by atoms with Crippen molar-refractivity contribution in [2.75, 3.05) is 0 Å². The zero-order valence-electron chi connectivity index (χ0n) is 25.5. The van der Waals surface area contributed by atoms with Crippen LogP contribution >= 0.6 is 7.14 Å². The van der Waals surface area contributed by atoms with Crippen LogP contribution in [0.2, 0.25) is 0 Å². The summed E-state index contributed by atoms with van der Waals surface area (Å²) in [7, 11) is -3.49. The molecule has 48 heavy (non-hydrogen) atoms. The van der Waals surface area contributed by atoms with E-state index in [2.05, 4.69) is 130 Å². The summed E-state index contributed by atoms with van der Waals surface area (Å²) in [6, 6.07) is 51.6. The van der Waals surface area contributed by atoms with Gasteiger partial charge in [-0.1, -0.05) is 78.9 Å². The highest BCUT2D eigenvalue weighted by atomic mass is 31.2. The number of para-hydroxylation sites is 4. The molecule has 0 spiro atoms. The van der Waals surface area contributed by atoms with Crippen LogP contribution in [0.15, 0.2) is 152 Å². The smallest absolute Gasteiger partial charge is 0.185 e. The third-order valence-corrected chi connectivity index (χ3v) is 13.1. The molecule has 0 aliphatic carbocycles. The van der Waals surface area contributed by atoms with Gasteiger partial charge in [0.15, 0.2) is 7.14 Å². The third kappa shape index (κ3) is 3.28. The molecule has 0 amide bonds. The van der Waals surface area contributed by atoms with E-state index >= 15 is 4.57 Å². The van der Waals surface area contributed by atoms with E-state index in [4.69, 9.17) is 9.47 Å². The highest BCUT2D eigenvalue weighted by molar-refractivity contribution is 7.86. The van der Waals surface area contributed by atoms with Crippen LogP contribution in [0.1, 0.15) is 0 Å². The molecule has 0 radical (unpaired) electrons. The number of nitrogens with zero attached hydrogens (tertiary/aromatic N) is 2. The summed E-state index contributed by atoms with van der Waals surface area (Å²) < 4.78 is 33.8. The molecule has 6 heteroatoms. The standard InChI is InChI=1S/C42H25N2O3P/c45-48-40-24-26(43-32-14-5-1-10-28(32)29-11-2-6-15-33(29)43)20-22-36(40)46-38-18-9-19-39(42(38)48)47-37-23-21-27(25-41(37)48)44-34-16-7-3-12-30(34)31-13-4-8-17-35(31)44/h1-25H. The molecule has 2 aromatic heterocycles. The van der Waals surface area contributed by atoms with Crippen LogP contribution in [-0.2, 0) is 4.57 Å². The van der Waals surface area contributed by atoms with Crippen LogP contribution < -0.4 is 25.4 Å². The van der Waals surface area contributed by atoms with E-state index in [-0.39, 0.29) is 0 Å². The Morgan fingerprint density at radius 1 is 0.396 bits per heavy atom. The van der Waals surface area contributed by atoms with Crippen molar-refractivity contribution < 1.29 is 14.0 Å². The van der Waals surface area contributed by atoms with E-state index in [9.17, 15) is 0 Å². The number of fused-ring (bicyclic) bond motifs is 10. The zero-order chi connectivity index (χ0) is 31.6. The summed E-state index contributed by atoms with van der Waals surface area (Å²) in [5, 5.41) is 6.66. The first-order valence-electron chi connectivity index (χ1n) is 16.0. The van der Waals surface area contributed by atoms with E-state index in [0.717, 1.165) is 33.4 Å². The number of aromatic nitrogens is 2. The first-order chi connectivity index (χ1) is 23.7. The van der Waals surface area contributed by atoms with Crippen molar-refractivity contribution in [3.8, 4) is 34.4 Å². The predicted octanol–water partition coefficient (Wildman–Crippen LogP) is 9.73. The van der Waals surface area contributed by atoms with Crippen molar-refractivity contribution in [2.24, 2.45) is 0 Å². The van der Waals surface area contributed by atoms with Crippen LogP contribution in [0.3, 0.4) is 0 Å². The van der Waals surface area contributed by atoms with Crippen molar-refractivity contribution in [3.05, 3.63) is 152 Å². The van der Waals surface area contributed by atoms with Crippen molar-refractivity contribution in [1.29, 1.82) is 0 Å².